The van der Waals surface area contributed by atoms with Crippen LogP contribution in [0.1, 0.15) is 16.2 Å². The first kappa shape index (κ1) is 22.8. The number of benzene rings is 2. The molecule has 3 aromatic rings. The number of nitrogens with one attached hydrogen (secondary N) is 1. The Labute approximate surface area is 190 Å². The molecule has 2 heterocycles. The van der Waals surface area contributed by atoms with Gasteiger partial charge in [0.25, 0.3) is 5.91 Å². The molecule has 0 atom stereocenters. The number of amides is 1. The first-order chi connectivity index (χ1) is 15.8. The molecule has 1 amide bonds. The number of carbonyl (C=O) groups is 1. The summed E-state index contributed by atoms with van der Waals surface area (Å²) in [5.74, 6) is -0.796. The third-order valence-electron chi connectivity index (χ3n) is 5.19. The lowest BCUT2D eigenvalue weighted by molar-refractivity contribution is 0.0729. The van der Waals surface area contributed by atoms with Crippen LogP contribution in [0.25, 0.3) is 5.69 Å². The van der Waals surface area contributed by atoms with Gasteiger partial charge in [-0.3, -0.25) is 4.79 Å². The number of halogens is 1. The Balaban J connectivity index is 1.60. The maximum absolute atomic E-state index is 13.2. The number of rotatable bonds is 6. The van der Waals surface area contributed by atoms with Crippen LogP contribution < -0.4 is 10.1 Å². The minimum atomic E-state index is -3.86. The minimum Gasteiger partial charge on any atom is -0.495 e. The van der Waals surface area contributed by atoms with E-state index in [1.165, 1.54) is 58.6 Å². The Bertz CT molecular complexity index is 1270. The molecule has 1 aliphatic rings. The van der Waals surface area contributed by atoms with Gasteiger partial charge in [-0.15, -0.1) is 5.10 Å². The van der Waals surface area contributed by atoms with Crippen LogP contribution >= 0.6 is 0 Å². The molecule has 1 saturated heterocycles. The van der Waals surface area contributed by atoms with E-state index in [9.17, 15) is 17.6 Å². The summed E-state index contributed by atoms with van der Waals surface area (Å²) in [6.45, 7) is 2.73. The van der Waals surface area contributed by atoms with E-state index >= 15 is 0 Å². The van der Waals surface area contributed by atoms with Crippen molar-refractivity contribution in [3.05, 3.63) is 59.7 Å². The number of aromatic nitrogens is 3. The van der Waals surface area contributed by atoms with Gasteiger partial charge in [0.1, 0.15) is 16.5 Å². The van der Waals surface area contributed by atoms with E-state index in [1.807, 2.05) is 0 Å². The van der Waals surface area contributed by atoms with Crippen LogP contribution in [-0.4, -0.2) is 67.0 Å². The van der Waals surface area contributed by atoms with Crippen molar-refractivity contribution in [3.8, 4) is 11.4 Å². The fourth-order valence-electron chi connectivity index (χ4n) is 3.44. The van der Waals surface area contributed by atoms with Crippen LogP contribution in [0, 0.1) is 12.7 Å². The average molecular weight is 476 g/mol. The number of nitrogens with zero attached hydrogens (tertiary/aromatic N) is 4. The van der Waals surface area contributed by atoms with Crippen LogP contribution in [-0.2, 0) is 14.8 Å². The highest BCUT2D eigenvalue weighted by molar-refractivity contribution is 7.89. The molecule has 174 valence electrons. The van der Waals surface area contributed by atoms with Crippen LogP contribution in [0.3, 0.4) is 0 Å². The summed E-state index contributed by atoms with van der Waals surface area (Å²) in [5.41, 5.74) is 1.29. The Morgan fingerprint density at radius 2 is 1.85 bits per heavy atom. The normalized spacial score (nSPS) is 14.8. The molecule has 0 aliphatic carbocycles. The number of carbonyl (C=O) groups excluding carboxylic acids is 1. The summed E-state index contributed by atoms with van der Waals surface area (Å²) in [6, 6.07) is 9.96. The second-order valence-electron chi connectivity index (χ2n) is 7.25. The molecule has 0 unspecified atom stereocenters. The maximum Gasteiger partial charge on any atom is 0.278 e. The molecule has 2 aromatic carbocycles. The molecule has 1 aromatic heterocycles. The molecule has 0 saturated carbocycles. The van der Waals surface area contributed by atoms with Crippen molar-refractivity contribution in [1.29, 1.82) is 0 Å². The summed E-state index contributed by atoms with van der Waals surface area (Å²) in [5, 5.41) is 10.6. The third-order valence-corrected chi connectivity index (χ3v) is 7.11. The molecule has 0 bridgehead atoms. The number of methoxy groups -OCH3 is 1. The van der Waals surface area contributed by atoms with Crippen molar-refractivity contribution >= 4 is 21.6 Å². The topological polar surface area (TPSA) is 116 Å². The lowest BCUT2D eigenvalue weighted by Crippen LogP contribution is -2.40. The number of ether oxygens (including phenoxy) is 2. The second kappa shape index (κ2) is 9.25. The average Bonchev–Trinajstić information content (AvgIpc) is 3.21. The highest BCUT2D eigenvalue weighted by Gasteiger charge is 2.30. The van der Waals surface area contributed by atoms with Gasteiger partial charge >= 0.3 is 0 Å². The quantitative estimate of drug-likeness (QED) is 0.580. The summed E-state index contributed by atoms with van der Waals surface area (Å²) < 4.78 is 52.7. The molecule has 33 heavy (non-hydrogen) atoms. The van der Waals surface area contributed by atoms with Gasteiger partial charge in [0.15, 0.2) is 5.69 Å². The SMILES string of the molecule is COc1ccc(NC(=O)c2nnn(-c3ccc(F)cc3)c2C)cc1S(=O)(=O)N1CCOCC1. The van der Waals surface area contributed by atoms with Crippen molar-refractivity contribution in [2.75, 3.05) is 38.7 Å². The van der Waals surface area contributed by atoms with Crippen molar-refractivity contribution in [2.45, 2.75) is 11.8 Å². The summed E-state index contributed by atoms with van der Waals surface area (Å²) >= 11 is 0. The van der Waals surface area contributed by atoms with E-state index in [0.717, 1.165) is 0 Å². The smallest absolute Gasteiger partial charge is 0.278 e. The predicted octanol–water partition coefficient (Wildman–Crippen LogP) is 2.00. The van der Waals surface area contributed by atoms with Gasteiger partial charge in [0.2, 0.25) is 10.0 Å². The Kier molecular flexibility index (Phi) is 6.40. The molecule has 1 aliphatic heterocycles. The molecule has 1 fully saturated rings. The van der Waals surface area contributed by atoms with E-state index in [0.29, 0.717) is 24.6 Å². The lowest BCUT2D eigenvalue weighted by atomic mass is 10.2. The fraction of sp³-hybridized carbons (Fsp3) is 0.286. The predicted molar refractivity (Wildman–Crippen MR) is 117 cm³/mol. The van der Waals surface area contributed by atoms with Gasteiger partial charge in [-0.25, -0.2) is 17.5 Å². The number of anilines is 1. The molecule has 0 spiro atoms. The van der Waals surface area contributed by atoms with Gasteiger partial charge in [-0.05, 0) is 49.4 Å². The Morgan fingerprint density at radius 3 is 2.52 bits per heavy atom. The standard InChI is InChI=1S/C21H22FN5O5S/c1-14-20(24-25-27(14)17-6-3-15(22)4-7-17)21(28)23-16-5-8-18(31-2)19(13-16)33(29,30)26-9-11-32-12-10-26/h3-8,13H,9-12H2,1-2H3,(H,23,28). The van der Waals surface area contributed by atoms with Crippen molar-refractivity contribution in [1.82, 2.24) is 19.3 Å². The van der Waals surface area contributed by atoms with Crippen molar-refractivity contribution < 1.29 is 27.1 Å². The zero-order valence-electron chi connectivity index (χ0n) is 18.0. The molecule has 10 nitrogen and oxygen atoms in total. The van der Waals surface area contributed by atoms with Gasteiger partial charge < -0.3 is 14.8 Å². The van der Waals surface area contributed by atoms with Gasteiger partial charge in [0.05, 0.1) is 31.7 Å². The Morgan fingerprint density at radius 1 is 1.15 bits per heavy atom. The number of hydrogen-bond acceptors (Lipinski definition) is 7. The fourth-order valence-corrected chi connectivity index (χ4v) is 5.03. The van der Waals surface area contributed by atoms with Gasteiger partial charge in [-0.2, -0.15) is 4.31 Å². The molecule has 4 rings (SSSR count). The van der Waals surface area contributed by atoms with E-state index in [-0.39, 0.29) is 35.1 Å². The highest BCUT2D eigenvalue weighted by Crippen LogP contribution is 2.30. The van der Waals surface area contributed by atoms with Crippen LogP contribution in [0.15, 0.2) is 47.4 Å². The number of morpholine rings is 1. The lowest BCUT2D eigenvalue weighted by Gasteiger charge is -2.26. The first-order valence-corrected chi connectivity index (χ1v) is 11.5. The molecule has 12 heteroatoms. The summed E-state index contributed by atoms with van der Waals surface area (Å²) in [6.07, 6.45) is 0. The minimum absolute atomic E-state index is 0.0488. The number of hydrogen-bond donors (Lipinski definition) is 1. The zero-order chi connectivity index (χ0) is 23.6. The van der Waals surface area contributed by atoms with E-state index in [4.69, 9.17) is 9.47 Å². The molecular weight excluding hydrogens is 453 g/mol. The molecule has 0 radical (unpaired) electrons. The highest BCUT2D eigenvalue weighted by atomic mass is 32.2. The summed E-state index contributed by atoms with van der Waals surface area (Å²) in [7, 11) is -2.48. The second-order valence-corrected chi connectivity index (χ2v) is 9.15. The number of sulfonamides is 1. The molecular formula is C21H22FN5O5S. The largest absolute Gasteiger partial charge is 0.495 e. The first-order valence-electron chi connectivity index (χ1n) is 10.1. The van der Waals surface area contributed by atoms with E-state index in [2.05, 4.69) is 15.6 Å². The van der Waals surface area contributed by atoms with Gasteiger partial charge in [-0.1, -0.05) is 5.21 Å². The van der Waals surface area contributed by atoms with Crippen molar-refractivity contribution in [3.63, 3.8) is 0 Å². The van der Waals surface area contributed by atoms with Crippen LogP contribution in [0.2, 0.25) is 0 Å². The third kappa shape index (κ3) is 4.58. The Hall–Kier alpha value is -3.35. The molecule has 1 N–H and O–H groups in total. The van der Waals surface area contributed by atoms with E-state index < -0.39 is 21.7 Å². The van der Waals surface area contributed by atoms with Crippen LogP contribution in [0.4, 0.5) is 10.1 Å². The monoisotopic (exact) mass is 475 g/mol. The maximum atomic E-state index is 13.2. The van der Waals surface area contributed by atoms with Crippen molar-refractivity contribution in [2.24, 2.45) is 0 Å². The zero-order valence-corrected chi connectivity index (χ0v) is 18.8. The van der Waals surface area contributed by atoms with Crippen LogP contribution in [0.5, 0.6) is 5.75 Å². The summed E-state index contributed by atoms with van der Waals surface area (Å²) in [4.78, 5) is 12.8. The van der Waals surface area contributed by atoms with E-state index in [1.54, 1.807) is 6.92 Å². The van der Waals surface area contributed by atoms with Gasteiger partial charge in [0, 0.05) is 18.8 Å².